The molecule has 4 rings (SSSR count). The first kappa shape index (κ1) is 13.8. The van der Waals surface area contributed by atoms with Crippen molar-refractivity contribution in [1.82, 2.24) is 0 Å². The first-order valence-corrected chi connectivity index (χ1v) is 8.15. The normalized spacial score (nSPS) is 60.3. The van der Waals surface area contributed by atoms with Gasteiger partial charge in [0.1, 0.15) is 9.75 Å². The van der Waals surface area contributed by atoms with Crippen molar-refractivity contribution in [3.8, 4) is 0 Å². The van der Waals surface area contributed by atoms with Crippen LogP contribution in [0.15, 0.2) is 22.2 Å². The molecule has 2 saturated carbocycles. The predicted molar refractivity (Wildman–Crippen MR) is 79.4 cm³/mol. The van der Waals surface area contributed by atoms with Gasteiger partial charge in [0.05, 0.1) is 16.2 Å². The van der Waals surface area contributed by atoms with Gasteiger partial charge in [-0.3, -0.25) is 0 Å². The summed E-state index contributed by atoms with van der Waals surface area (Å²) in [7, 11) is 0. The van der Waals surface area contributed by atoms with Gasteiger partial charge in [-0.1, -0.05) is 58.6 Å². The maximum atomic E-state index is 10.3. The third-order valence-electron chi connectivity index (χ3n) is 5.22. The van der Waals surface area contributed by atoms with E-state index in [-0.39, 0.29) is 33.7 Å². The Kier molecular flexibility index (Phi) is 2.59. The zero-order valence-electron chi connectivity index (χ0n) is 9.26. The van der Waals surface area contributed by atoms with E-state index in [0.29, 0.717) is 0 Å². The van der Waals surface area contributed by atoms with Crippen molar-refractivity contribution in [1.29, 1.82) is 0 Å². The summed E-state index contributed by atoms with van der Waals surface area (Å²) in [6, 6.07) is 0. The lowest BCUT2D eigenvalue weighted by Gasteiger charge is -2.36. The molecular formula is C12H8Cl6O. The van der Waals surface area contributed by atoms with E-state index in [9.17, 15) is 5.11 Å². The van der Waals surface area contributed by atoms with E-state index >= 15 is 0 Å². The van der Waals surface area contributed by atoms with Crippen LogP contribution in [-0.2, 0) is 0 Å². The number of allylic oxidation sites excluding steroid dienone is 2. The summed E-state index contributed by atoms with van der Waals surface area (Å²) in [4.78, 5) is -2.49. The van der Waals surface area contributed by atoms with Gasteiger partial charge in [0.25, 0.3) is 0 Å². The first-order chi connectivity index (χ1) is 8.70. The van der Waals surface area contributed by atoms with Crippen LogP contribution >= 0.6 is 69.6 Å². The summed E-state index contributed by atoms with van der Waals surface area (Å²) < 4.78 is -1.49. The first-order valence-electron chi connectivity index (χ1n) is 5.89. The molecule has 104 valence electrons. The van der Waals surface area contributed by atoms with Crippen molar-refractivity contribution in [2.75, 3.05) is 0 Å². The Morgan fingerprint density at radius 3 is 1.58 bits per heavy atom. The molecule has 0 aliphatic heterocycles. The highest BCUT2D eigenvalue weighted by Gasteiger charge is 2.86. The van der Waals surface area contributed by atoms with Crippen molar-refractivity contribution < 1.29 is 5.11 Å². The number of rotatable bonds is 0. The molecule has 1 nitrogen and oxygen atoms in total. The van der Waals surface area contributed by atoms with Crippen molar-refractivity contribution in [2.45, 2.75) is 20.2 Å². The summed E-state index contributed by atoms with van der Waals surface area (Å²) in [6.07, 6.45) is 3.37. The third kappa shape index (κ3) is 1.09. The lowest BCUT2D eigenvalue weighted by atomic mass is 9.75. The van der Waals surface area contributed by atoms with Crippen LogP contribution in [0.2, 0.25) is 0 Å². The second-order valence-electron chi connectivity index (χ2n) is 5.71. The Balaban J connectivity index is 2.02. The standard InChI is InChI=1S/C12H8Cl6O/c13-8-9(14)11(16)6-4-2-1-3(7(4)19)5(6)10(8,15)12(11,17)18/h1-7,19H/t3-,4+,5+,6-,7?,10+,11-. The topological polar surface area (TPSA) is 20.2 Å². The van der Waals surface area contributed by atoms with Gasteiger partial charge in [0.15, 0.2) is 4.33 Å². The van der Waals surface area contributed by atoms with Crippen LogP contribution in [0, 0.1) is 23.7 Å². The fraction of sp³-hybridized carbons (Fsp3) is 0.667. The quantitative estimate of drug-likeness (QED) is 0.378. The molecular weight excluding hydrogens is 373 g/mol. The Labute approximate surface area is 140 Å². The molecule has 0 spiro atoms. The maximum absolute atomic E-state index is 10.3. The molecule has 0 saturated heterocycles. The minimum Gasteiger partial charge on any atom is -0.392 e. The lowest BCUT2D eigenvalue weighted by molar-refractivity contribution is 0.120. The van der Waals surface area contributed by atoms with Crippen molar-refractivity contribution in [3.63, 3.8) is 0 Å². The van der Waals surface area contributed by atoms with Gasteiger partial charge >= 0.3 is 0 Å². The third-order valence-corrected chi connectivity index (χ3v) is 9.52. The van der Waals surface area contributed by atoms with Crippen LogP contribution in [0.25, 0.3) is 0 Å². The fourth-order valence-electron chi connectivity index (χ4n) is 4.48. The Hall–Kier alpha value is 1.18. The van der Waals surface area contributed by atoms with Crippen LogP contribution in [0.1, 0.15) is 0 Å². The van der Waals surface area contributed by atoms with Crippen LogP contribution in [-0.4, -0.2) is 25.3 Å². The van der Waals surface area contributed by atoms with Crippen LogP contribution in [0.4, 0.5) is 0 Å². The van der Waals surface area contributed by atoms with Gasteiger partial charge < -0.3 is 5.11 Å². The molecule has 0 amide bonds. The highest BCUT2D eigenvalue weighted by Crippen LogP contribution is 2.81. The SMILES string of the molecule is OC1[C@H]2C=C[C@@H]1[C@H]1[C@@H]2[C@@]2(Cl)C(Cl)=C(Cl)[C@]1(Cl)C2(Cl)Cl. The molecule has 0 radical (unpaired) electrons. The highest BCUT2D eigenvalue weighted by atomic mass is 35.5. The average Bonchev–Trinajstić information content (AvgIpc) is 2.93. The van der Waals surface area contributed by atoms with E-state index in [0.717, 1.165) is 0 Å². The molecule has 1 N–H and O–H groups in total. The second kappa shape index (κ2) is 3.56. The zero-order chi connectivity index (χ0) is 14.0. The van der Waals surface area contributed by atoms with E-state index in [1.165, 1.54) is 0 Å². The number of alkyl halides is 4. The van der Waals surface area contributed by atoms with Gasteiger partial charge in [0, 0.05) is 23.7 Å². The van der Waals surface area contributed by atoms with Crippen molar-refractivity contribution in [3.05, 3.63) is 22.2 Å². The molecule has 0 aromatic heterocycles. The molecule has 0 aromatic carbocycles. The number of aliphatic hydroxyl groups excluding tert-OH is 1. The number of hydrogen-bond donors (Lipinski definition) is 1. The molecule has 19 heavy (non-hydrogen) atoms. The van der Waals surface area contributed by atoms with Gasteiger partial charge in [-0.2, -0.15) is 0 Å². The minimum atomic E-state index is -1.49. The molecule has 4 aliphatic rings. The summed E-state index contributed by atoms with van der Waals surface area (Å²) >= 11 is 39.0. The fourth-order valence-corrected chi connectivity index (χ4v) is 7.58. The Bertz CT molecular complexity index is 512. The second-order valence-corrected chi connectivity index (χ2v) is 8.98. The van der Waals surface area contributed by atoms with E-state index in [1.807, 2.05) is 12.2 Å². The number of fused-ring (bicyclic) bond motifs is 9. The van der Waals surface area contributed by atoms with E-state index < -0.39 is 20.2 Å². The largest absolute Gasteiger partial charge is 0.392 e. The smallest absolute Gasteiger partial charge is 0.166 e. The summed E-state index contributed by atoms with van der Waals surface area (Å²) in [6.45, 7) is 0. The van der Waals surface area contributed by atoms with Crippen LogP contribution in [0.3, 0.4) is 0 Å². The molecule has 2 fully saturated rings. The Morgan fingerprint density at radius 2 is 1.21 bits per heavy atom. The average molecular weight is 381 g/mol. The molecule has 7 atom stereocenters. The zero-order valence-corrected chi connectivity index (χ0v) is 13.8. The molecule has 1 unspecified atom stereocenters. The van der Waals surface area contributed by atoms with Crippen molar-refractivity contribution in [2.24, 2.45) is 23.7 Å². The van der Waals surface area contributed by atoms with Gasteiger partial charge in [-0.05, 0) is 0 Å². The highest BCUT2D eigenvalue weighted by molar-refractivity contribution is 6.65. The maximum Gasteiger partial charge on any atom is 0.166 e. The number of halogens is 6. The molecule has 0 aromatic rings. The van der Waals surface area contributed by atoms with Gasteiger partial charge in [0.2, 0.25) is 0 Å². The summed E-state index contributed by atoms with van der Waals surface area (Å²) in [5.41, 5.74) is 0. The van der Waals surface area contributed by atoms with E-state index in [4.69, 9.17) is 69.6 Å². The molecule has 7 heteroatoms. The van der Waals surface area contributed by atoms with Gasteiger partial charge in [-0.25, -0.2) is 0 Å². The van der Waals surface area contributed by atoms with Gasteiger partial charge in [-0.15, -0.1) is 23.2 Å². The van der Waals surface area contributed by atoms with E-state index in [1.54, 1.807) is 0 Å². The van der Waals surface area contributed by atoms with Crippen LogP contribution in [0.5, 0.6) is 0 Å². The molecule has 4 aliphatic carbocycles. The summed E-state index contributed by atoms with van der Waals surface area (Å²) in [5.74, 6) is -0.685. The number of aliphatic hydroxyl groups is 1. The summed E-state index contributed by atoms with van der Waals surface area (Å²) in [5, 5.41) is 10.7. The van der Waals surface area contributed by atoms with Crippen molar-refractivity contribution >= 4 is 69.6 Å². The van der Waals surface area contributed by atoms with E-state index in [2.05, 4.69) is 0 Å². The molecule has 0 heterocycles. The predicted octanol–water partition coefficient (Wildman–Crippen LogP) is 4.24. The lowest BCUT2D eigenvalue weighted by Crippen LogP contribution is -2.47. The monoisotopic (exact) mass is 378 g/mol. The Morgan fingerprint density at radius 1 is 0.842 bits per heavy atom. The molecule has 4 bridgehead atoms. The minimum absolute atomic E-state index is 0.136. The number of hydrogen-bond acceptors (Lipinski definition) is 1. The van der Waals surface area contributed by atoms with Crippen LogP contribution < -0.4 is 0 Å².